The number of halogens is 2. The number of benzene rings is 2. The largest absolute Gasteiger partial charge is 0.458 e. The second kappa shape index (κ2) is 14.5. The van der Waals surface area contributed by atoms with E-state index in [1.54, 1.807) is 48.3 Å². The monoisotopic (exact) mass is 762 g/mol. The average Bonchev–Trinajstić information content (AvgIpc) is 3.88. The lowest BCUT2D eigenvalue weighted by Crippen LogP contribution is -2.47. The van der Waals surface area contributed by atoms with E-state index in [2.05, 4.69) is 36.9 Å². The summed E-state index contributed by atoms with van der Waals surface area (Å²) in [6.45, 7) is 8.67. The molecule has 288 valence electrons. The van der Waals surface area contributed by atoms with Gasteiger partial charge in [0.05, 0.1) is 58.8 Å². The molecule has 0 N–H and O–H groups in total. The summed E-state index contributed by atoms with van der Waals surface area (Å²) in [6, 6.07) is 8.19. The number of aromatic nitrogens is 8. The van der Waals surface area contributed by atoms with Gasteiger partial charge in [0.25, 0.3) is 0 Å². The van der Waals surface area contributed by atoms with E-state index in [4.69, 9.17) is 19.2 Å². The third-order valence-electron chi connectivity index (χ3n) is 10.2. The lowest BCUT2D eigenvalue weighted by atomic mass is 10.1. The molecule has 56 heavy (non-hydrogen) atoms. The Kier molecular flexibility index (Phi) is 9.59. The van der Waals surface area contributed by atoms with Crippen LogP contribution in [0.2, 0.25) is 0 Å². The number of fused-ring (bicyclic) bond motifs is 6. The average molecular weight is 763 g/mol. The lowest BCUT2D eigenvalue weighted by Gasteiger charge is -2.31. The Morgan fingerprint density at radius 3 is 2.68 bits per heavy atom. The Hall–Kier alpha value is -6.05. The molecule has 16 heteroatoms. The van der Waals surface area contributed by atoms with Crippen LogP contribution in [0.4, 0.5) is 14.6 Å². The molecule has 0 spiro atoms. The first-order chi connectivity index (χ1) is 26.9. The van der Waals surface area contributed by atoms with Gasteiger partial charge in [-0.3, -0.25) is 4.79 Å². The van der Waals surface area contributed by atoms with Crippen molar-refractivity contribution in [1.29, 1.82) is 0 Å². The minimum atomic E-state index is -0.770. The van der Waals surface area contributed by atoms with Crippen molar-refractivity contribution in [3.05, 3.63) is 78.1 Å². The highest BCUT2D eigenvalue weighted by Crippen LogP contribution is 2.35. The molecule has 4 aromatic heterocycles. The number of hydrogen-bond donors (Lipinski definition) is 0. The Labute approximate surface area is 321 Å². The van der Waals surface area contributed by atoms with Crippen LogP contribution >= 0.6 is 0 Å². The third-order valence-corrected chi connectivity index (χ3v) is 10.2. The van der Waals surface area contributed by atoms with Gasteiger partial charge in [-0.05, 0) is 58.0 Å². The summed E-state index contributed by atoms with van der Waals surface area (Å²) < 4.78 is 51.2. The second-order valence-corrected chi connectivity index (χ2v) is 14.4. The zero-order valence-electron chi connectivity index (χ0n) is 31.8. The molecule has 4 bridgehead atoms. The summed E-state index contributed by atoms with van der Waals surface area (Å²) in [4.78, 5) is 41.2. The normalized spacial score (nSPS) is 18.8. The fourth-order valence-corrected chi connectivity index (χ4v) is 7.37. The fourth-order valence-electron chi connectivity index (χ4n) is 7.37. The highest BCUT2D eigenvalue weighted by molar-refractivity contribution is 5.93. The second-order valence-electron chi connectivity index (χ2n) is 14.4. The molecule has 8 rings (SSSR count). The SMILES string of the molecule is CCO[C@H]1CN(C)C(=O)[C@@H]2C[C@@H](CN2c2ncnc3c2cnn3-c2ccc(F)cc2C#CC(C)(C)OC)Oc2nccc(n2)-c2cc(F)cc3nc(C)n(c23)C1. The van der Waals surface area contributed by atoms with Gasteiger partial charge in [0.2, 0.25) is 5.91 Å². The summed E-state index contributed by atoms with van der Waals surface area (Å²) in [5.74, 6) is 6.15. The lowest BCUT2D eigenvalue weighted by molar-refractivity contribution is -0.133. The number of nitrogens with zero attached hydrogens (tertiary/aromatic N) is 10. The molecule has 1 amide bonds. The summed E-state index contributed by atoms with van der Waals surface area (Å²) in [5.41, 5.74) is 2.73. The molecular formula is C40H40F2N10O4. The molecule has 2 aliphatic heterocycles. The molecule has 14 nitrogen and oxygen atoms in total. The highest BCUT2D eigenvalue weighted by Gasteiger charge is 2.42. The van der Waals surface area contributed by atoms with Crippen LogP contribution in [-0.2, 0) is 20.8 Å². The van der Waals surface area contributed by atoms with Crippen LogP contribution in [0.5, 0.6) is 6.01 Å². The maximum atomic E-state index is 15.1. The molecule has 0 unspecified atom stereocenters. The minimum absolute atomic E-state index is 0.0819. The zero-order chi connectivity index (χ0) is 39.3. The summed E-state index contributed by atoms with van der Waals surface area (Å²) >= 11 is 0. The Bertz CT molecular complexity index is 2540. The van der Waals surface area contributed by atoms with Crippen molar-refractivity contribution < 1.29 is 27.8 Å². The summed E-state index contributed by atoms with van der Waals surface area (Å²) in [5, 5.41) is 5.21. The number of likely N-dealkylation sites (N-methyl/N-ethyl adjacent to an activating group) is 1. The number of methoxy groups -OCH3 is 1. The van der Waals surface area contributed by atoms with E-state index in [0.717, 1.165) is 0 Å². The summed E-state index contributed by atoms with van der Waals surface area (Å²) in [7, 11) is 3.31. The van der Waals surface area contributed by atoms with E-state index in [1.165, 1.54) is 30.6 Å². The minimum Gasteiger partial charge on any atom is -0.458 e. The van der Waals surface area contributed by atoms with Gasteiger partial charge in [-0.25, -0.2) is 33.4 Å². The number of carbonyl (C=O) groups excluding carboxylic acids is 1. The van der Waals surface area contributed by atoms with Crippen molar-refractivity contribution in [2.24, 2.45) is 0 Å². The smallest absolute Gasteiger partial charge is 0.317 e. The van der Waals surface area contributed by atoms with E-state index >= 15 is 4.39 Å². The number of rotatable bonds is 5. The van der Waals surface area contributed by atoms with Crippen molar-refractivity contribution in [2.75, 3.05) is 38.8 Å². The van der Waals surface area contributed by atoms with E-state index in [1.807, 2.05) is 37.2 Å². The van der Waals surface area contributed by atoms with Gasteiger partial charge in [-0.2, -0.15) is 10.1 Å². The molecule has 1 saturated heterocycles. The van der Waals surface area contributed by atoms with Crippen LogP contribution in [0.3, 0.4) is 0 Å². The molecular weight excluding hydrogens is 723 g/mol. The van der Waals surface area contributed by atoms with Gasteiger partial charge in [0.1, 0.15) is 47.4 Å². The molecule has 6 aromatic rings. The van der Waals surface area contributed by atoms with Gasteiger partial charge >= 0.3 is 6.01 Å². The van der Waals surface area contributed by atoms with Crippen LogP contribution in [0.1, 0.15) is 38.6 Å². The van der Waals surface area contributed by atoms with Gasteiger partial charge in [-0.1, -0.05) is 11.8 Å². The van der Waals surface area contributed by atoms with Crippen molar-refractivity contribution in [2.45, 2.75) is 64.5 Å². The number of hydrogen-bond acceptors (Lipinski definition) is 11. The third kappa shape index (κ3) is 6.88. The van der Waals surface area contributed by atoms with E-state index < -0.39 is 35.5 Å². The van der Waals surface area contributed by atoms with Gasteiger partial charge in [0.15, 0.2) is 5.65 Å². The summed E-state index contributed by atoms with van der Waals surface area (Å²) in [6.07, 6.45) is 3.92. The first-order valence-electron chi connectivity index (χ1n) is 18.3. The quantitative estimate of drug-likeness (QED) is 0.222. The molecule has 0 radical (unpaired) electrons. The Morgan fingerprint density at radius 2 is 1.88 bits per heavy atom. The van der Waals surface area contributed by atoms with E-state index in [-0.39, 0.29) is 31.4 Å². The molecule has 1 fully saturated rings. The first-order valence-corrected chi connectivity index (χ1v) is 18.3. The number of ether oxygens (including phenoxy) is 3. The van der Waals surface area contributed by atoms with E-state index in [9.17, 15) is 9.18 Å². The van der Waals surface area contributed by atoms with E-state index in [0.29, 0.717) is 69.4 Å². The zero-order valence-corrected chi connectivity index (χ0v) is 31.8. The predicted octanol–water partition coefficient (Wildman–Crippen LogP) is 4.89. The molecule has 2 aromatic carbocycles. The number of amides is 1. The predicted molar refractivity (Wildman–Crippen MR) is 203 cm³/mol. The molecule has 3 atom stereocenters. The maximum absolute atomic E-state index is 15.1. The maximum Gasteiger partial charge on any atom is 0.317 e. The highest BCUT2D eigenvalue weighted by atomic mass is 19.1. The van der Waals surface area contributed by atoms with Crippen molar-refractivity contribution in [3.8, 4) is 34.8 Å². The first kappa shape index (κ1) is 36.9. The Morgan fingerprint density at radius 1 is 1.04 bits per heavy atom. The molecule has 6 heterocycles. The van der Waals surface area contributed by atoms with Gasteiger partial charge in [-0.15, -0.1) is 0 Å². The van der Waals surface area contributed by atoms with Gasteiger partial charge < -0.3 is 28.6 Å². The molecule has 0 aliphatic carbocycles. The standard InChI is InChI=1S/C40H40F2N10O4/c1-7-55-28-19-49(5)38(53)34-17-27(56-39-43-13-11-31(48-39)29-15-26(42)16-32-35(29)50(21-28)23(2)47-32)20-51(34)36-30-18-46-52(37(30)45-22-44-36)33-9-8-25(41)14-24(33)10-12-40(3,4)54-6/h8-9,11,13-16,18,22,27-28,34H,7,17,19-21H2,1-6H3/t27-,28-,34-/m0/s1. The van der Waals surface area contributed by atoms with Crippen LogP contribution in [0, 0.1) is 30.4 Å². The number of carbonyl (C=O) groups is 1. The van der Waals surface area contributed by atoms with Crippen LogP contribution in [-0.4, -0.2) is 108 Å². The number of imidazole rings is 1. The Balaban J connectivity index is 1.21. The number of aryl methyl sites for hydroxylation is 1. The van der Waals surface area contributed by atoms with Crippen LogP contribution < -0.4 is 9.64 Å². The fraction of sp³-hybridized carbons (Fsp3) is 0.375. The van der Waals surface area contributed by atoms with Gasteiger partial charge in [0, 0.05) is 51.6 Å². The van der Waals surface area contributed by atoms with Crippen LogP contribution in [0.15, 0.2) is 55.1 Å². The van der Waals surface area contributed by atoms with Crippen molar-refractivity contribution in [1.82, 2.24) is 44.2 Å². The molecule has 2 aliphatic rings. The van der Waals surface area contributed by atoms with Crippen LogP contribution in [0.25, 0.3) is 39.0 Å². The number of anilines is 1. The van der Waals surface area contributed by atoms with Crippen molar-refractivity contribution in [3.63, 3.8) is 0 Å². The van der Waals surface area contributed by atoms with Crippen molar-refractivity contribution >= 4 is 33.8 Å². The molecule has 0 saturated carbocycles. The topological polar surface area (TPSA) is 138 Å².